The fraction of sp³-hybridized carbons (Fsp3) is 0.417. The first kappa shape index (κ1) is 11.6. The van der Waals surface area contributed by atoms with Gasteiger partial charge in [-0.25, -0.2) is 4.98 Å². The molecule has 0 amide bonds. The van der Waals surface area contributed by atoms with Gasteiger partial charge in [-0.15, -0.1) is 0 Å². The van der Waals surface area contributed by atoms with Crippen LogP contribution in [0, 0.1) is 0 Å². The third-order valence-corrected chi connectivity index (χ3v) is 3.22. The molecule has 0 bridgehead atoms. The van der Waals surface area contributed by atoms with E-state index in [1.807, 2.05) is 24.3 Å². The van der Waals surface area contributed by atoms with Gasteiger partial charge >= 0.3 is 0 Å². The van der Waals surface area contributed by atoms with Crippen LogP contribution >= 0.6 is 0 Å². The quantitative estimate of drug-likeness (QED) is 0.587. The average molecular weight is 250 g/mol. The fourth-order valence-electron chi connectivity index (χ4n) is 2.23. The predicted octanol–water partition coefficient (Wildman–Crippen LogP) is -0.283. The number of ether oxygens (including phenoxy) is 1. The maximum absolute atomic E-state index is 9.89. The lowest BCUT2D eigenvalue weighted by atomic mass is 10.1. The van der Waals surface area contributed by atoms with Crippen molar-refractivity contribution >= 4 is 11.0 Å². The molecule has 1 aromatic heterocycles. The minimum absolute atomic E-state index is 0.338. The number of H-pyrrole nitrogens is 1. The molecule has 0 spiro atoms. The Morgan fingerprint density at radius 3 is 2.67 bits per heavy atom. The first-order chi connectivity index (χ1) is 8.70. The number of imidazole rings is 1. The standard InChI is InChI=1S/C12H14N2O4/c15-5-8-9(16)10(17)11(18-8)12-13-6-3-1-2-4-7(6)14-12/h1-4,8-11,15-17H,5H2,(H,13,14)/t8-,9+,10+,11+/m1/s1. The number of nitrogens with zero attached hydrogens (tertiary/aromatic N) is 1. The summed E-state index contributed by atoms with van der Waals surface area (Å²) in [6.45, 7) is -0.338. The molecular weight excluding hydrogens is 236 g/mol. The van der Waals surface area contributed by atoms with Gasteiger partial charge < -0.3 is 25.0 Å². The van der Waals surface area contributed by atoms with Gasteiger partial charge in [-0.05, 0) is 12.1 Å². The number of aromatic amines is 1. The average Bonchev–Trinajstić information content (AvgIpc) is 2.92. The molecule has 96 valence electrons. The van der Waals surface area contributed by atoms with Crippen molar-refractivity contribution < 1.29 is 20.1 Å². The molecule has 6 heteroatoms. The van der Waals surface area contributed by atoms with Gasteiger partial charge in [0, 0.05) is 0 Å². The maximum Gasteiger partial charge on any atom is 0.144 e. The summed E-state index contributed by atoms with van der Waals surface area (Å²) >= 11 is 0. The molecule has 0 radical (unpaired) electrons. The van der Waals surface area contributed by atoms with E-state index in [4.69, 9.17) is 9.84 Å². The minimum atomic E-state index is -1.10. The Morgan fingerprint density at radius 1 is 1.22 bits per heavy atom. The van der Waals surface area contributed by atoms with Crippen molar-refractivity contribution in [2.75, 3.05) is 6.61 Å². The first-order valence-corrected chi connectivity index (χ1v) is 5.78. The Balaban J connectivity index is 1.95. The molecule has 4 atom stereocenters. The van der Waals surface area contributed by atoms with E-state index >= 15 is 0 Å². The highest BCUT2D eigenvalue weighted by Crippen LogP contribution is 2.32. The van der Waals surface area contributed by atoms with Crippen LogP contribution in [0.1, 0.15) is 11.9 Å². The SMILES string of the molecule is OC[C@H]1O[C@H](c2nc3ccccc3[nH]2)[C@@H](O)[C@H]1O. The van der Waals surface area contributed by atoms with Gasteiger partial charge in [0.15, 0.2) is 0 Å². The van der Waals surface area contributed by atoms with Gasteiger partial charge in [0.2, 0.25) is 0 Å². The molecule has 6 nitrogen and oxygen atoms in total. The zero-order chi connectivity index (χ0) is 12.7. The van der Waals surface area contributed by atoms with Crippen LogP contribution in [0.3, 0.4) is 0 Å². The normalized spacial score (nSPS) is 32.2. The van der Waals surface area contributed by atoms with Crippen molar-refractivity contribution in [3.63, 3.8) is 0 Å². The van der Waals surface area contributed by atoms with Crippen molar-refractivity contribution in [2.24, 2.45) is 0 Å². The third kappa shape index (κ3) is 1.70. The molecule has 0 unspecified atom stereocenters. The van der Waals surface area contributed by atoms with E-state index < -0.39 is 24.4 Å². The molecule has 4 N–H and O–H groups in total. The number of nitrogens with one attached hydrogen (secondary N) is 1. The summed E-state index contributed by atoms with van der Waals surface area (Å²) in [4.78, 5) is 7.36. The van der Waals surface area contributed by atoms with Gasteiger partial charge in [0.05, 0.1) is 17.6 Å². The molecule has 3 rings (SSSR count). The molecule has 18 heavy (non-hydrogen) atoms. The topological polar surface area (TPSA) is 98.6 Å². The van der Waals surface area contributed by atoms with E-state index in [0.717, 1.165) is 11.0 Å². The lowest BCUT2D eigenvalue weighted by Gasteiger charge is -2.11. The van der Waals surface area contributed by atoms with Crippen molar-refractivity contribution in [2.45, 2.75) is 24.4 Å². The number of fused-ring (bicyclic) bond motifs is 1. The number of rotatable bonds is 2. The monoisotopic (exact) mass is 250 g/mol. The van der Waals surface area contributed by atoms with E-state index in [1.165, 1.54) is 0 Å². The zero-order valence-corrected chi connectivity index (χ0v) is 9.52. The van der Waals surface area contributed by atoms with E-state index in [1.54, 1.807) is 0 Å². The Bertz CT molecular complexity index is 523. The van der Waals surface area contributed by atoms with Gasteiger partial charge in [-0.2, -0.15) is 0 Å². The van der Waals surface area contributed by atoms with Crippen LogP contribution < -0.4 is 0 Å². The molecule has 1 saturated heterocycles. The number of aliphatic hydroxyl groups excluding tert-OH is 3. The molecular formula is C12H14N2O4. The number of hydrogen-bond acceptors (Lipinski definition) is 5. The van der Waals surface area contributed by atoms with Crippen LogP contribution in [0.4, 0.5) is 0 Å². The van der Waals surface area contributed by atoms with Gasteiger partial charge in [0.25, 0.3) is 0 Å². The second kappa shape index (κ2) is 4.33. The molecule has 0 saturated carbocycles. The van der Waals surface area contributed by atoms with E-state index in [0.29, 0.717) is 5.82 Å². The van der Waals surface area contributed by atoms with Crippen molar-refractivity contribution in [3.8, 4) is 0 Å². The Labute approximate surface area is 103 Å². The number of para-hydroxylation sites is 2. The van der Waals surface area contributed by atoms with Gasteiger partial charge in [-0.3, -0.25) is 0 Å². The largest absolute Gasteiger partial charge is 0.394 e. The summed E-state index contributed by atoms with van der Waals surface area (Å²) in [5, 5.41) is 28.6. The zero-order valence-electron chi connectivity index (χ0n) is 9.52. The maximum atomic E-state index is 9.89. The van der Waals surface area contributed by atoms with Crippen LogP contribution in [0.2, 0.25) is 0 Å². The highest BCUT2D eigenvalue weighted by molar-refractivity contribution is 5.74. The third-order valence-electron chi connectivity index (χ3n) is 3.22. The van der Waals surface area contributed by atoms with Crippen molar-refractivity contribution in [1.29, 1.82) is 0 Å². The molecule has 2 heterocycles. The minimum Gasteiger partial charge on any atom is -0.394 e. The predicted molar refractivity (Wildman–Crippen MR) is 62.8 cm³/mol. The highest BCUT2D eigenvalue weighted by atomic mass is 16.6. The Hall–Kier alpha value is -1.47. The summed E-state index contributed by atoms with van der Waals surface area (Å²) in [5.41, 5.74) is 1.61. The molecule has 1 aromatic carbocycles. The summed E-state index contributed by atoms with van der Waals surface area (Å²) in [7, 11) is 0. The van der Waals surface area contributed by atoms with E-state index in [-0.39, 0.29) is 6.61 Å². The number of aromatic nitrogens is 2. The van der Waals surface area contributed by atoms with Crippen LogP contribution in [0.25, 0.3) is 11.0 Å². The van der Waals surface area contributed by atoms with Crippen LogP contribution in [0.5, 0.6) is 0 Å². The van der Waals surface area contributed by atoms with E-state index in [2.05, 4.69) is 9.97 Å². The van der Waals surface area contributed by atoms with Crippen LogP contribution in [-0.4, -0.2) is 50.2 Å². The summed E-state index contributed by atoms with van der Waals surface area (Å²) < 4.78 is 5.41. The first-order valence-electron chi connectivity index (χ1n) is 5.78. The smallest absolute Gasteiger partial charge is 0.144 e. The lowest BCUT2D eigenvalue weighted by Crippen LogP contribution is -2.32. The van der Waals surface area contributed by atoms with Crippen molar-refractivity contribution in [1.82, 2.24) is 9.97 Å². The number of aliphatic hydroxyl groups is 3. The summed E-state index contributed by atoms with van der Waals surface area (Å²) in [6.07, 6.45) is -3.72. The van der Waals surface area contributed by atoms with E-state index in [9.17, 15) is 10.2 Å². The van der Waals surface area contributed by atoms with Crippen molar-refractivity contribution in [3.05, 3.63) is 30.1 Å². The molecule has 1 fully saturated rings. The van der Waals surface area contributed by atoms with Gasteiger partial charge in [0.1, 0.15) is 30.2 Å². The summed E-state index contributed by atoms with van der Waals surface area (Å²) in [6, 6.07) is 7.45. The lowest BCUT2D eigenvalue weighted by molar-refractivity contribution is -0.0249. The molecule has 1 aliphatic heterocycles. The molecule has 2 aromatic rings. The summed E-state index contributed by atoms with van der Waals surface area (Å²) in [5.74, 6) is 0.457. The molecule has 0 aliphatic carbocycles. The highest BCUT2D eigenvalue weighted by Gasteiger charge is 2.44. The molecule has 1 aliphatic rings. The number of hydrogen-bond donors (Lipinski definition) is 4. The fourth-order valence-corrected chi connectivity index (χ4v) is 2.23. The van der Waals surface area contributed by atoms with Crippen LogP contribution in [0.15, 0.2) is 24.3 Å². The number of benzene rings is 1. The van der Waals surface area contributed by atoms with Gasteiger partial charge in [-0.1, -0.05) is 12.1 Å². The Morgan fingerprint density at radius 2 is 2.00 bits per heavy atom. The Kier molecular flexibility index (Phi) is 2.79. The second-order valence-corrected chi connectivity index (χ2v) is 4.40. The second-order valence-electron chi connectivity index (χ2n) is 4.40. The van der Waals surface area contributed by atoms with Crippen LogP contribution in [-0.2, 0) is 4.74 Å².